The third-order valence-electron chi connectivity index (χ3n) is 6.06. The van der Waals surface area contributed by atoms with Gasteiger partial charge in [0.05, 0.1) is 0 Å². The highest BCUT2D eigenvalue weighted by Gasteiger charge is 2.38. The molecule has 0 spiro atoms. The van der Waals surface area contributed by atoms with E-state index < -0.39 is 0 Å². The number of halogens is 1. The van der Waals surface area contributed by atoms with E-state index in [1.54, 1.807) is 0 Å². The minimum atomic E-state index is 0. The first-order valence-corrected chi connectivity index (χ1v) is 9.35. The van der Waals surface area contributed by atoms with E-state index >= 15 is 0 Å². The Kier molecular flexibility index (Phi) is 7.86. The number of piperidine rings is 1. The summed E-state index contributed by atoms with van der Waals surface area (Å²) in [4.78, 5) is 15.2. The van der Waals surface area contributed by atoms with Gasteiger partial charge < -0.3 is 10.6 Å². The predicted octanol–water partition coefficient (Wildman–Crippen LogP) is 4.24. The maximum Gasteiger partial charge on any atom is 0.225 e. The average Bonchev–Trinajstić information content (AvgIpc) is 2.47. The van der Waals surface area contributed by atoms with Crippen LogP contribution in [0.4, 0.5) is 0 Å². The number of nitrogens with two attached hydrogens (primary N) is 1. The second-order valence-corrected chi connectivity index (χ2v) is 8.73. The Morgan fingerprint density at radius 2 is 1.78 bits per heavy atom. The number of hydrogen-bond acceptors (Lipinski definition) is 2. The fourth-order valence-electron chi connectivity index (χ4n) is 4.24. The van der Waals surface area contributed by atoms with Crippen LogP contribution in [0.25, 0.3) is 0 Å². The summed E-state index contributed by atoms with van der Waals surface area (Å²) in [6.07, 6.45) is 8.78. The lowest BCUT2D eigenvalue weighted by atomic mass is 9.76. The summed E-state index contributed by atoms with van der Waals surface area (Å²) in [5.74, 6) is 1.80. The van der Waals surface area contributed by atoms with Crippen molar-refractivity contribution in [3.8, 4) is 0 Å². The topological polar surface area (TPSA) is 46.3 Å². The molecule has 23 heavy (non-hydrogen) atoms. The predicted molar refractivity (Wildman–Crippen MR) is 99.7 cm³/mol. The Hall–Kier alpha value is -0.280. The molecule has 3 nitrogen and oxygen atoms in total. The summed E-state index contributed by atoms with van der Waals surface area (Å²) in [7, 11) is 0. The van der Waals surface area contributed by atoms with Crippen LogP contribution in [0.3, 0.4) is 0 Å². The van der Waals surface area contributed by atoms with Gasteiger partial charge in [-0.05, 0) is 30.1 Å². The molecule has 1 aliphatic heterocycles. The van der Waals surface area contributed by atoms with Gasteiger partial charge in [-0.25, -0.2) is 0 Å². The molecule has 0 bridgehead atoms. The van der Waals surface area contributed by atoms with Gasteiger partial charge in [-0.3, -0.25) is 4.79 Å². The molecule has 4 heteroatoms. The van der Waals surface area contributed by atoms with Crippen molar-refractivity contribution < 1.29 is 4.79 Å². The molecule has 0 aromatic rings. The average molecular weight is 345 g/mol. The molecular weight excluding hydrogens is 308 g/mol. The van der Waals surface area contributed by atoms with Gasteiger partial charge in [0.2, 0.25) is 5.91 Å². The number of hydrogen-bond donors (Lipinski definition) is 1. The van der Waals surface area contributed by atoms with Crippen LogP contribution in [0.2, 0.25) is 0 Å². The Balaban J connectivity index is 0.00000264. The third-order valence-corrected chi connectivity index (χ3v) is 6.06. The van der Waals surface area contributed by atoms with E-state index in [2.05, 4.69) is 32.6 Å². The van der Waals surface area contributed by atoms with E-state index in [9.17, 15) is 4.79 Å². The molecule has 2 N–H and O–H groups in total. The van der Waals surface area contributed by atoms with Crippen molar-refractivity contribution in [2.24, 2.45) is 28.9 Å². The lowest BCUT2D eigenvalue weighted by Gasteiger charge is -2.44. The highest BCUT2D eigenvalue weighted by Crippen LogP contribution is 2.34. The van der Waals surface area contributed by atoms with Crippen molar-refractivity contribution >= 4 is 18.3 Å². The van der Waals surface area contributed by atoms with Gasteiger partial charge in [-0.1, -0.05) is 59.8 Å². The molecule has 1 saturated heterocycles. The molecule has 1 saturated carbocycles. The molecule has 2 unspecified atom stereocenters. The van der Waals surface area contributed by atoms with Gasteiger partial charge in [-0.2, -0.15) is 0 Å². The van der Waals surface area contributed by atoms with E-state index in [1.807, 2.05) is 0 Å². The number of rotatable bonds is 4. The van der Waals surface area contributed by atoms with Crippen LogP contribution in [-0.2, 0) is 4.79 Å². The first-order chi connectivity index (χ1) is 10.3. The number of amides is 1. The molecule has 2 aliphatic rings. The zero-order valence-electron chi connectivity index (χ0n) is 15.5. The van der Waals surface area contributed by atoms with Gasteiger partial charge in [0.1, 0.15) is 0 Å². The van der Waals surface area contributed by atoms with Crippen LogP contribution in [0.5, 0.6) is 0 Å². The Morgan fingerprint density at radius 1 is 1.17 bits per heavy atom. The van der Waals surface area contributed by atoms with Gasteiger partial charge in [0.25, 0.3) is 0 Å². The number of carbonyl (C=O) groups excluding carboxylic acids is 1. The van der Waals surface area contributed by atoms with E-state index in [0.29, 0.717) is 11.8 Å². The van der Waals surface area contributed by atoms with Crippen LogP contribution in [0.1, 0.15) is 72.6 Å². The van der Waals surface area contributed by atoms with Crippen molar-refractivity contribution in [3.63, 3.8) is 0 Å². The molecule has 2 fully saturated rings. The summed E-state index contributed by atoms with van der Waals surface area (Å²) in [6, 6.07) is 0.215. The highest BCUT2D eigenvalue weighted by molar-refractivity contribution is 5.85. The summed E-state index contributed by atoms with van der Waals surface area (Å²) in [6.45, 7) is 10.5. The number of likely N-dealkylation sites (tertiary alicyclic amines) is 1. The second-order valence-electron chi connectivity index (χ2n) is 8.73. The molecule has 1 aliphatic carbocycles. The second kappa shape index (κ2) is 8.71. The zero-order valence-corrected chi connectivity index (χ0v) is 16.3. The molecule has 2 rings (SSSR count). The Labute approximate surface area is 149 Å². The maximum absolute atomic E-state index is 13.1. The van der Waals surface area contributed by atoms with Gasteiger partial charge in [-0.15, -0.1) is 12.4 Å². The SMILES string of the molecule is CC(C)C(CC1CCCCC1)C(=O)N1CCC(N)C(C)(C)C1.Cl. The quantitative estimate of drug-likeness (QED) is 0.829. The van der Waals surface area contributed by atoms with E-state index in [-0.39, 0.29) is 29.8 Å². The van der Waals surface area contributed by atoms with Crippen molar-refractivity contribution in [1.29, 1.82) is 0 Å². The van der Waals surface area contributed by atoms with Gasteiger partial charge in [0, 0.05) is 25.0 Å². The number of nitrogens with zero attached hydrogens (tertiary/aromatic N) is 1. The van der Waals surface area contributed by atoms with Crippen molar-refractivity contribution in [3.05, 3.63) is 0 Å². The van der Waals surface area contributed by atoms with Crippen LogP contribution in [-0.4, -0.2) is 29.9 Å². The van der Waals surface area contributed by atoms with Crippen LogP contribution in [0.15, 0.2) is 0 Å². The summed E-state index contributed by atoms with van der Waals surface area (Å²) in [5.41, 5.74) is 6.26. The van der Waals surface area contributed by atoms with E-state index in [1.165, 1.54) is 32.1 Å². The lowest BCUT2D eigenvalue weighted by Crippen LogP contribution is -2.55. The van der Waals surface area contributed by atoms with Crippen LogP contribution < -0.4 is 5.73 Å². The molecular formula is C19H37ClN2O. The number of carbonyl (C=O) groups is 1. The van der Waals surface area contributed by atoms with E-state index in [0.717, 1.165) is 31.8 Å². The zero-order chi connectivity index (χ0) is 16.3. The normalized spacial score (nSPS) is 26.7. The fourth-order valence-corrected chi connectivity index (χ4v) is 4.24. The molecule has 0 aromatic carbocycles. The monoisotopic (exact) mass is 344 g/mol. The van der Waals surface area contributed by atoms with Crippen molar-refractivity contribution in [2.75, 3.05) is 13.1 Å². The molecule has 1 amide bonds. The molecule has 0 aromatic heterocycles. The van der Waals surface area contributed by atoms with Gasteiger partial charge in [0.15, 0.2) is 0 Å². The summed E-state index contributed by atoms with van der Waals surface area (Å²) < 4.78 is 0. The first kappa shape index (κ1) is 20.8. The summed E-state index contributed by atoms with van der Waals surface area (Å²) in [5, 5.41) is 0. The highest BCUT2D eigenvalue weighted by atomic mass is 35.5. The standard InChI is InChI=1S/C19H36N2O.ClH/c1-14(2)16(12-15-8-6-5-7-9-15)18(22)21-11-10-17(20)19(3,4)13-21;/h14-17H,5-13,20H2,1-4H3;1H. The smallest absolute Gasteiger partial charge is 0.225 e. The Bertz CT molecular complexity index is 378. The molecule has 1 heterocycles. The van der Waals surface area contributed by atoms with Crippen LogP contribution in [0, 0.1) is 23.2 Å². The van der Waals surface area contributed by atoms with Crippen molar-refractivity contribution in [2.45, 2.75) is 78.7 Å². The summed E-state index contributed by atoms with van der Waals surface area (Å²) >= 11 is 0. The minimum absolute atomic E-state index is 0. The van der Waals surface area contributed by atoms with Crippen molar-refractivity contribution in [1.82, 2.24) is 4.90 Å². The minimum Gasteiger partial charge on any atom is -0.342 e. The lowest BCUT2D eigenvalue weighted by molar-refractivity contribution is -0.141. The molecule has 2 atom stereocenters. The first-order valence-electron chi connectivity index (χ1n) is 9.35. The molecule has 0 radical (unpaired) electrons. The molecule has 136 valence electrons. The third kappa shape index (κ3) is 5.35. The fraction of sp³-hybridized carbons (Fsp3) is 0.947. The maximum atomic E-state index is 13.1. The van der Waals surface area contributed by atoms with Gasteiger partial charge >= 0.3 is 0 Å². The van der Waals surface area contributed by atoms with Crippen LogP contribution >= 0.6 is 12.4 Å². The largest absolute Gasteiger partial charge is 0.342 e. The van der Waals surface area contributed by atoms with E-state index in [4.69, 9.17) is 5.73 Å². The Morgan fingerprint density at radius 3 is 2.30 bits per heavy atom.